The van der Waals surface area contributed by atoms with E-state index in [0.29, 0.717) is 23.6 Å². The highest BCUT2D eigenvalue weighted by Gasteiger charge is 2.21. The molecule has 0 spiro atoms. The topological polar surface area (TPSA) is 68.0 Å². The van der Waals surface area contributed by atoms with Crippen LogP contribution >= 0.6 is 0 Å². The van der Waals surface area contributed by atoms with Crippen LogP contribution in [0.2, 0.25) is 0 Å². The summed E-state index contributed by atoms with van der Waals surface area (Å²) in [5.41, 5.74) is 3.20. The zero-order chi connectivity index (χ0) is 17.5. The molecule has 3 aromatic rings. The zero-order valence-electron chi connectivity index (χ0n) is 14.2. The van der Waals surface area contributed by atoms with Crippen molar-refractivity contribution in [1.29, 1.82) is 0 Å². The van der Waals surface area contributed by atoms with Crippen LogP contribution in [0.15, 0.2) is 59.4 Å². The molecule has 2 heterocycles. The van der Waals surface area contributed by atoms with Gasteiger partial charge in [-0.05, 0) is 43.9 Å². The van der Waals surface area contributed by atoms with E-state index in [0.717, 1.165) is 24.8 Å². The van der Waals surface area contributed by atoms with E-state index in [1.807, 2.05) is 18.2 Å². The third-order valence-corrected chi connectivity index (χ3v) is 4.05. The van der Waals surface area contributed by atoms with Gasteiger partial charge in [0.1, 0.15) is 5.56 Å². The van der Waals surface area contributed by atoms with Gasteiger partial charge in [0.25, 0.3) is 5.91 Å². The maximum absolute atomic E-state index is 12.5. The van der Waals surface area contributed by atoms with Gasteiger partial charge < -0.3 is 9.84 Å². The lowest BCUT2D eigenvalue weighted by molar-refractivity contribution is 0.0952. The highest BCUT2D eigenvalue weighted by Crippen LogP contribution is 2.25. The molecule has 5 heteroatoms. The zero-order valence-corrected chi connectivity index (χ0v) is 14.2. The Morgan fingerprint density at radius 1 is 1.08 bits per heavy atom. The number of carbonyl (C=O) groups is 1. The van der Waals surface area contributed by atoms with Crippen LogP contribution in [0.25, 0.3) is 11.3 Å². The van der Waals surface area contributed by atoms with Gasteiger partial charge in [0.2, 0.25) is 0 Å². The van der Waals surface area contributed by atoms with Crippen LogP contribution in [0.5, 0.6) is 0 Å². The molecule has 0 radical (unpaired) electrons. The molecule has 25 heavy (non-hydrogen) atoms. The summed E-state index contributed by atoms with van der Waals surface area (Å²) in [4.78, 5) is 16.5. The summed E-state index contributed by atoms with van der Waals surface area (Å²) in [5, 5.41) is 6.91. The molecule has 1 aromatic carbocycles. The van der Waals surface area contributed by atoms with E-state index in [1.54, 1.807) is 31.5 Å². The molecule has 1 N–H and O–H groups in total. The number of aryl methyl sites for hydroxylation is 2. The first kappa shape index (κ1) is 16.9. The highest BCUT2D eigenvalue weighted by atomic mass is 16.5. The standard InChI is InChI=1S/C20H21N3O2/c1-15-18(19(25-23-15)17-10-13-21-14-11-17)20(24)22-12-6-5-9-16-7-3-2-4-8-16/h2-4,7-8,10-11,13-14H,5-6,9,12H2,1H3,(H,22,24). The fourth-order valence-corrected chi connectivity index (χ4v) is 2.73. The molecule has 0 saturated carbocycles. The van der Waals surface area contributed by atoms with Crippen molar-refractivity contribution in [1.82, 2.24) is 15.5 Å². The molecular weight excluding hydrogens is 314 g/mol. The molecule has 0 atom stereocenters. The molecule has 2 aromatic heterocycles. The summed E-state index contributed by atoms with van der Waals surface area (Å²) < 4.78 is 5.35. The van der Waals surface area contributed by atoms with Crippen molar-refractivity contribution in [3.63, 3.8) is 0 Å². The Bertz CT molecular complexity index is 813. The molecule has 128 valence electrons. The quantitative estimate of drug-likeness (QED) is 0.667. The Morgan fingerprint density at radius 3 is 2.60 bits per heavy atom. The molecule has 5 nitrogen and oxygen atoms in total. The Hall–Kier alpha value is -2.95. The number of aromatic nitrogens is 2. The number of benzene rings is 1. The molecular formula is C20H21N3O2. The second kappa shape index (κ2) is 8.24. The molecule has 0 aliphatic carbocycles. The van der Waals surface area contributed by atoms with Crippen LogP contribution in [0.4, 0.5) is 0 Å². The summed E-state index contributed by atoms with van der Waals surface area (Å²) >= 11 is 0. The van der Waals surface area contributed by atoms with Crippen LogP contribution in [-0.2, 0) is 6.42 Å². The molecule has 3 rings (SSSR count). The first-order chi connectivity index (χ1) is 12.3. The average Bonchev–Trinajstić information content (AvgIpc) is 3.04. The Kier molecular flexibility index (Phi) is 5.57. The molecule has 0 aliphatic heterocycles. The smallest absolute Gasteiger partial charge is 0.257 e. The largest absolute Gasteiger partial charge is 0.355 e. The SMILES string of the molecule is Cc1noc(-c2ccncc2)c1C(=O)NCCCCc1ccccc1. The van der Waals surface area contributed by atoms with Crippen molar-refractivity contribution in [3.05, 3.63) is 71.7 Å². The molecule has 0 unspecified atom stereocenters. The summed E-state index contributed by atoms with van der Waals surface area (Å²) in [6.07, 6.45) is 6.31. The maximum atomic E-state index is 12.5. The minimum atomic E-state index is -0.148. The van der Waals surface area contributed by atoms with Gasteiger partial charge in [0.15, 0.2) is 5.76 Å². The normalized spacial score (nSPS) is 10.6. The first-order valence-corrected chi connectivity index (χ1v) is 8.44. The van der Waals surface area contributed by atoms with Crippen molar-refractivity contribution >= 4 is 5.91 Å². The lowest BCUT2D eigenvalue weighted by Crippen LogP contribution is -2.25. The molecule has 0 fully saturated rings. The second-order valence-corrected chi connectivity index (χ2v) is 5.91. The average molecular weight is 335 g/mol. The maximum Gasteiger partial charge on any atom is 0.257 e. The molecule has 0 aliphatic rings. The monoisotopic (exact) mass is 335 g/mol. The fraction of sp³-hybridized carbons (Fsp3) is 0.250. The third-order valence-electron chi connectivity index (χ3n) is 4.05. The predicted molar refractivity (Wildman–Crippen MR) is 96.2 cm³/mol. The van der Waals surface area contributed by atoms with E-state index in [1.165, 1.54) is 5.56 Å². The van der Waals surface area contributed by atoms with Crippen molar-refractivity contribution in [2.24, 2.45) is 0 Å². The number of carbonyl (C=O) groups excluding carboxylic acids is 1. The highest BCUT2D eigenvalue weighted by molar-refractivity contribution is 6.00. The fourth-order valence-electron chi connectivity index (χ4n) is 2.73. The number of hydrogen-bond donors (Lipinski definition) is 1. The van der Waals surface area contributed by atoms with E-state index in [4.69, 9.17) is 4.52 Å². The predicted octanol–water partition coefficient (Wildman–Crippen LogP) is 3.80. The van der Waals surface area contributed by atoms with E-state index in [-0.39, 0.29) is 5.91 Å². The van der Waals surface area contributed by atoms with Gasteiger partial charge in [-0.1, -0.05) is 35.5 Å². The minimum absolute atomic E-state index is 0.148. The van der Waals surface area contributed by atoms with Gasteiger partial charge in [-0.25, -0.2) is 0 Å². The number of unbranched alkanes of at least 4 members (excludes halogenated alkanes) is 1. The van der Waals surface area contributed by atoms with E-state index in [2.05, 4.69) is 27.6 Å². The Morgan fingerprint density at radius 2 is 1.84 bits per heavy atom. The van der Waals surface area contributed by atoms with E-state index < -0.39 is 0 Å². The van der Waals surface area contributed by atoms with Crippen molar-refractivity contribution in [2.45, 2.75) is 26.2 Å². The van der Waals surface area contributed by atoms with Crippen LogP contribution in [0.3, 0.4) is 0 Å². The molecule has 0 bridgehead atoms. The van der Waals surface area contributed by atoms with Crippen LogP contribution in [0.1, 0.15) is 34.5 Å². The lowest BCUT2D eigenvalue weighted by Gasteiger charge is -2.06. The van der Waals surface area contributed by atoms with Crippen molar-refractivity contribution in [2.75, 3.05) is 6.54 Å². The van der Waals surface area contributed by atoms with Crippen molar-refractivity contribution in [3.8, 4) is 11.3 Å². The van der Waals surface area contributed by atoms with Gasteiger partial charge >= 0.3 is 0 Å². The number of nitrogens with zero attached hydrogens (tertiary/aromatic N) is 2. The Balaban J connectivity index is 1.54. The third kappa shape index (κ3) is 4.32. The minimum Gasteiger partial charge on any atom is -0.355 e. The van der Waals surface area contributed by atoms with Crippen LogP contribution in [-0.4, -0.2) is 22.6 Å². The van der Waals surface area contributed by atoms with Crippen LogP contribution < -0.4 is 5.32 Å². The Labute approximate surface area is 147 Å². The molecule has 0 saturated heterocycles. The lowest BCUT2D eigenvalue weighted by atomic mass is 10.1. The van der Waals surface area contributed by atoms with Gasteiger partial charge in [0.05, 0.1) is 5.69 Å². The van der Waals surface area contributed by atoms with Gasteiger partial charge in [0, 0.05) is 24.5 Å². The van der Waals surface area contributed by atoms with E-state index in [9.17, 15) is 4.79 Å². The molecule has 1 amide bonds. The van der Waals surface area contributed by atoms with Gasteiger partial charge in [-0.15, -0.1) is 0 Å². The number of amides is 1. The summed E-state index contributed by atoms with van der Waals surface area (Å²) in [7, 11) is 0. The summed E-state index contributed by atoms with van der Waals surface area (Å²) in [5.74, 6) is 0.340. The summed E-state index contributed by atoms with van der Waals surface area (Å²) in [6, 6.07) is 14.0. The van der Waals surface area contributed by atoms with Crippen LogP contribution in [0, 0.1) is 6.92 Å². The number of pyridine rings is 1. The number of rotatable bonds is 7. The van der Waals surface area contributed by atoms with Crippen molar-refractivity contribution < 1.29 is 9.32 Å². The summed E-state index contributed by atoms with van der Waals surface area (Å²) in [6.45, 7) is 2.41. The first-order valence-electron chi connectivity index (χ1n) is 8.44. The van der Waals surface area contributed by atoms with E-state index >= 15 is 0 Å². The number of nitrogens with one attached hydrogen (secondary N) is 1. The van der Waals surface area contributed by atoms with Gasteiger partial charge in [-0.3, -0.25) is 9.78 Å². The second-order valence-electron chi connectivity index (χ2n) is 5.91. The van der Waals surface area contributed by atoms with Gasteiger partial charge in [-0.2, -0.15) is 0 Å². The number of hydrogen-bond acceptors (Lipinski definition) is 4.